The second-order valence-corrected chi connectivity index (χ2v) is 5.57. The molecule has 14 heteroatoms. The molecule has 29 heavy (non-hydrogen) atoms. The number of fused-ring (bicyclic) bond motifs is 1. The van der Waals surface area contributed by atoms with E-state index in [2.05, 4.69) is 10.2 Å². The van der Waals surface area contributed by atoms with Crippen LogP contribution in [-0.4, -0.2) is 33.6 Å². The molecule has 0 fully saturated rings. The molecule has 2 heterocycles. The number of nitro benzene ring substituents is 1. The first-order valence-electron chi connectivity index (χ1n) is 7.80. The Morgan fingerprint density at radius 1 is 1.28 bits per heavy atom. The molecule has 0 unspecified atom stereocenters. The number of hydrogen-bond donors (Lipinski definition) is 1. The maximum Gasteiger partial charge on any atom is 0.282 e. The van der Waals surface area contributed by atoms with Gasteiger partial charge in [0.25, 0.3) is 24.4 Å². The summed E-state index contributed by atoms with van der Waals surface area (Å²) in [5.74, 6) is -0.553. The van der Waals surface area contributed by atoms with Gasteiger partial charge in [0.1, 0.15) is 17.9 Å². The summed E-state index contributed by atoms with van der Waals surface area (Å²) < 4.78 is 61.6. The van der Waals surface area contributed by atoms with Crippen LogP contribution in [0.5, 0.6) is 11.5 Å². The van der Waals surface area contributed by atoms with Gasteiger partial charge in [0.05, 0.1) is 22.8 Å². The molecular weight excluding hydrogens is 406 g/mol. The Balaban J connectivity index is 1.72. The third-order valence-corrected chi connectivity index (χ3v) is 3.68. The molecule has 0 radical (unpaired) electrons. The van der Waals surface area contributed by atoms with Gasteiger partial charge in [-0.1, -0.05) is 0 Å². The van der Waals surface area contributed by atoms with E-state index in [1.807, 2.05) is 5.43 Å². The van der Waals surface area contributed by atoms with Crippen LogP contribution in [0, 0.1) is 10.1 Å². The first-order valence-corrected chi connectivity index (χ1v) is 7.80. The minimum Gasteiger partial charge on any atom is -0.454 e. The molecule has 1 aliphatic heterocycles. The van der Waals surface area contributed by atoms with E-state index in [-0.39, 0.29) is 29.5 Å². The van der Waals surface area contributed by atoms with Crippen molar-refractivity contribution in [3.63, 3.8) is 0 Å². The van der Waals surface area contributed by atoms with Crippen LogP contribution in [0.4, 0.5) is 23.2 Å². The van der Waals surface area contributed by atoms with Gasteiger partial charge >= 0.3 is 0 Å². The number of carbonyl (C=O) groups excluding carboxylic acids is 1. The molecular formula is C15H11F4N5O5. The van der Waals surface area contributed by atoms with Gasteiger partial charge in [-0.25, -0.2) is 23.0 Å². The second-order valence-electron chi connectivity index (χ2n) is 5.57. The number of nitro groups is 1. The van der Waals surface area contributed by atoms with E-state index in [0.717, 1.165) is 12.3 Å². The number of benzene rings is 1. The highest BCUT2D eigenvalue weighted by Gasteiger charge is 2.23. The number of halogens is 4. The maximum absolute atomic E-state index is 12.9. The van der Waals surface area contributed by atoms with Crippen LogP contribution < -0.4 is 14.9 Å². The molecule has 154 valence electrons. The zero-order valence-corrected chi connectivity index (χ0v) is 14.2. The van der Waals surface area contributed by atoms with Crippen molar-refractivity contribution in [1.29, 1.82) is 0 Å². The summed E-state index contributed by atoms with van der Waals surface area (Å²) in [6, 6.07) is 2.89. The number of carbonyl (C=O) groups is 1. The van der Waals surface area contributed by atoms with Gasteiger partial charge in [0.15, 0.2) is 11.5 Å². The van der Waals surface area contributed by atoms with Crippen molar-refractivity contribution in [2.24, 2.45) is 5.10 Å². The lowest BCUT2D eigenvalue weighted by molar-refractivity contribution is -0.385. The summed E-state index contributed by atoms with van der Waals surface area (Å²) >= 11 is 0. The van der Waals surface area contributed by atoms with Crippen molar-refractivity contribution in [1.82, 2.24) is 15.2 Å². The normalized spacial score (nSPS) is 12.9. The molecule has 3 rings (SSSR count). The molecule has 1 aliphatic rings. The summed E-state index contributed by atoms with van der Waals surface area (Å²) in [7, 11) is 0. The second kappa shape index (κ2) is 8.12. The lowest BCUT2D eigenvalue weighted by Crippen LogP contribution is -2.25. The van der Waals surface area contributed by atoms with Gasteiger partial charge < -0.3 is 9.47 Å². The first-order chi connectivity index (χ1) is 13.8. The Bertz CT molecular complexity index is 978. The van der Waals surface area contributed by atoms with Crippen molar-refractivity contribution in [2.75, 3.05) is 6.79 Å². The maximum atomic E-state index is 12.9. The third kappa shape index (κ3) is 4.41. The third-order valence-electron chi connectivity index (χ3n) is 3.68. The van der Waals surface area contributed by atoms with E-state index in [4.69, 9.17) is 9.47 Å². The Morgan fingerprint density at radius 2 is 1.97 bits per heavy atom. The Hall–Kier alpha value is -3.71. The molecule has 0 aliphatic carbocycles. The number of amides is 1. The highest BCUT2D eigenvalue weighted by molar-refractivity contribution is 5.88. The van der Waals surface area contributed by atoms with Gasteiger partial charge in [0, 0.05) is 0 Å². The van der Waals surface area contributed by atoms with Gasteiger partial charge in [-0.3, -0.25) is 19.6 Å². The summed E-state index contributed by atoms with van der Waals surface area (Å²) in [4.78, 5) is 22.3. The van der Waals surface area contributed by atoms with E-state index in [1.165, 1.54) is 6.07 Å². The molecule has 1 aromatic carbocycles. The number of hydrazone groups is 1. The fourth-order valence-electron chi connectivity index (χ4n) is 2.41. The van der Waals surface area contributed by atoms with E-state index in [0.29, 0.717) is 10.7 Å². The number of alkyl halides is 4. The highest BCUT2D eigenvalue weighted by atomic mass is 19.3. The fourth-order valence-corrected chi connectivity index (χ4v) is 2.41. The van der Waals surface area contributed by atoms with Gasteiger partial charge in [0.2, 0.25) is 6.79 Å². The molecule has 0 bridgehead atoms. The van der Waals surface area contributed by atoms with Crippen LogP contribution in [-0.2, 0) is 11.3 Å². The van der Waals surface area contributed by atoms with Gasteiger partial charge in [-0.05, 0) is 12.1 Å². The number of nitrogens with zero attached hydrogens (tertiary/aromatic N) is 4. The quantitative estimate of drug-likeness (QED) is 0.320. The zero-order chi connectivity index (χ0) is 21.1. The Morgan fingerprint density at radius 3 is 2.59 bits per heavy atom. The fraction of sp³-hybridized carbons (Fsp3) is 0.267. The van der Waals surface area contributed by atoms with E-state index < -0.39 is 41.6 Å². The standard InChI is InChI=1S/C15H11F4N5O5/c16-14(17)8-2-10(15(18)19)23(22-8)5-13(25)21-20-4-7-1-11-12(29-6-28-11)3-9(7)24(26)27/h1-4,14-15H,5-6H2,(H,21,25)/b20-4-. The largest absolute Gasteiger partial charge is 0.454 e. The lowest BCUT2D eigenvalue weighted by Gasteiger charge is -2.05. The minimum absolute atomic E-state index is 0.0214. The van der Waals surface area contributed by atoms with E-state index in [9.17, 15) is 32.5 Å². The molecule has 2 aromatic rings. The molecule has 0 spiro atoms. The van der Waals surface area contributed by atoms with Crippen molar-refractivity contribution in [2.45, 2.75) is 19.4 Å². The monoisotopic (exact) mass is 417 g/mol. The van der Waals surface area contributed by atoms with Crippen molar-refractivity contribution < 1.29 is 36.8 Å². The summed E-state index contributed by atoms with van der Waals surface area (Å²) in [6.45, 7) is -0.923. The lowest BCUT2D eigenvalue weighted by atomic mass is 10.1. The number of nitrogens with one attached hydrogen (secondary N) is 1. The van der Waals surface area contributed by atoms with Crippen LogP contribution in [0.3, 0.4) is 0 Å². The topological polar surface area (TPSA) is 121 Å². The predicted molar refractivity (Wildman–Crippen MR) is 87.1 cm³/mol. The van der Waals surface area contributed by atoms with Crippen LogP contribution in [0.2, 0.25) is 0 Å². The molecule has 1 aromatic heterocycles. The molecule has 0 saturated carbocycles. The minimum atomic E-state index is -3.12. The molecule has 0 atom stereocenters. The SMILES string of the molecule is O=C(Cn1nc(C(F)F)cc1C(F)F)N/N=C\c1cc2c(cc1[N+](=O)[O-])OCO2. The molecule has 1 amide bonds. The number of aromatic nitrogens is 2. The summed E-state index contributed by atoms with van der Waals surface area (Å²) in [5, 5.41) is 17.9. The predicted octanol–water partition coefficient (Wildman–Crippen LogP) is 2.55. The number of ether oxygens (including phenoxy) is 2. The number of rotatable bonds is 7. The smallest absolute Gasteiger partial charge is 0.282 e. The highest BCUT2D eigenvalue weighted by Crippen LogP contribution is 2.37. The Kier molecular flexibility index (Phi) is 5.61. The average Bonchev–Trinajstić information content (AvgIpc) is 3.27. The average molecular weight is 417 g/mol. The van der Waals surface area contributed by atoms with Gasteiger partial charge in [-0.15, -0.1) is 0 Å². The summed E-state index contributed by atoms with van der Waals surface area (Å²) in [6.07, 6.45) is -5.26. The zero-order valence-electron chi connectivity index (χ0n) is 14.2. The number of hydrogen-bond acceptors (Lipinski definition) is 7. The van der Waals surface area contributed by atoms with Crippen LogP contribution in [0.25, 0.3) is 0 Å². The van der Waals surface area contributed by atoms with E-state index >= 15 is 0 Å². The Labute approximate surface area is 158 Å². The van der Waals surface area contributed by atoms with Crippen LogP contribution in [0.1, 0.15) is 29.8 Å². The van der Waals surface area contributed by atoms with Crippen LogP contribution >= 0.6 is 0 Å². The molecule has 10 nitrogen and oxygen atoms in total. The van der Waals surface area contributed by atoms with Crippen molar-refractivity contribution in [3.8, 4) is 11.5 Å². The van der Waals surface area contributed by atoms with E-state index in [1.54, 1.807) is 0 Å². The summed E-state index contributed by atoms with van der Waals surface area (Å²) in [5.41, 5.74) is -0.186. The van der Waals surface area contributed by atoms with Crippen molar-refractivity contribution in [3.05, 3.63) is 45.3 Å². The first kappa shape index (κ1) is 20.0. The molecule has 1 N–H and O–H groups in total. The molecule has 0 saturated heterocycles. The van der Waals surface area contributed by atoms with Crippen LogP contribution in [0.15, 0.2) is 23.3 Å². The van der Waals surface area contributed by atoms with Crippen molar-refractivity contribution >= 4 is 17.8 Å². The van der Waals surface area contributed by atoms with Gasteiger partial charge in [-0.2, -0.15) is 10.2 Å².